The summed E-state index contributed by atoms with van der Waals surface area (Å²) >= 11 is 0. The van der Waals surface area contributed by atoms with Gasteiger partial charge in [0.25, 0.3) is 0 Å². The normalized spacial score (nSPS) is 13.6. The molecule has 0 saturated heterocycles. The van der Waals surface area contributed by atoms with Gasteiger partial charge >= 0.3 is 0 Å². The van der Waals surface area contributed by atoms with E-state index in [0.29, 0.717) is 11.4 Å². The van der Waals surface area contributed by atoms with Crippen LogP contribution in [0.3, 0.4) is 0 Å². The van der Waals surface area contributed by atoms with Crippen LogP contribution in [0, 0.1) is 41.5 Å². The Morgan fingerprint density at radius 1 is 0.611 bits per heavy atom. The second kappa shape index (κ2) is 19.3. The molecule has 0 amide bonds. The maximum atomic E-state index is 12.6. The largest absolute Gasteiger partial charge is 0.394 e. The van der Waals surface area contributed by atoms with E-state index in [1.165, 1.54) is 12.1 Å². The van der Waals surface area contributed by atoms with Crippen LogP contribution in [0.4, 0.5) is 28.4 Å². The van der Waals surface area contributed by atoms with E-state index in [1.807, 2.05) is 120 Å². The van der Waals surface area contributed by atoms with Gasteiger partial charge in [-0.15, -0.1) is 5.11 Å². The van der Waals surface area contributed by atoms with Gasteiger partial charge in [0.1, 0.15) is 23.3 Å². The molecule has 0 aliphatic carbocycles. The first-order valence-corrected chi connectivity index (χ1v) is 17.3. The molecule has 0 saturated carbocycles. The third-order valence-electron chi connectivity index (χ3n) is 8.54. The van der Waals surface area contributed by atoms with Crippen LogP contribution < -0.4 is 37.7 Å². The molecular weight excluding hydrogens is 686 g/mol. The Kier molecular flexibility index (Phi) is 14.6. The van der Waals surface area contributed by atoms with E-state index in [9.17, 15) is 24.9 Å². The van der Waals surface area contributed by atoms with Crippen LogP contribution in [0.5, 0.6) is 0 Å². The lowest BCUT2D eigenvalue weighted by molar-refractivity contribution is -0.0715. The molecule has 3 atom stereocenters. The first-order chi connectivity index (χ1) is 25.8. The van der Waals surface area contributed by atoms with Gasteiger partial charge < -0.3 is 25.7 Å². The zero-order valence-electron chi connectivity index (χ0n) is 31.2. The molecule has 0 spiro atoms. The van der Waals surface area contributed by atoms with Crippen molar-refractivity contribution in [3.63, 3.8) is 0 Å². The maximum Gasteiger partial charge on any atom is 0.237 e. The predicted molar refractivity (Wildman–Crippen MR) is 212 cm³/mol. The smallest absolute Gasteiger partial charge is 0.237 e. The standard InChI is InChI=1S/C22H22N4O2.C19H25N3O4/c1-13-5-7-17(15(3)11-13)23-25-19-9-10-20(27)21(22(19)28)26-24-18-8-6-14(2)12-16(18)4;1-12-8-15(20-10-17(24)19(26)18(25)11-23)16(9-13(12)2)22-21-14-6-4-3-5-7-14/h5-12,23-24H,1-4H3;3-9,17-20,23-26H,10-11H2,1-2H3. The first kappa shape index (κ1) is 40.9. The number of hydrogen-bond acceptors (Lipinski definition) is 13. The number of nitrogens with zero attached hydrogens (tertiary/aromatic N) is 4. The van der Waals surface area contributed by atoms with Gasteiger partial charge in [-0.3, -0.25) is 20.4 Å². The Morgan fingerprint density at radius 2 is 1.20 bits per heavy atom. The van der Waals surface area contributed by atoms with E-state index in [4.69, 9.17) is 5.11 Å². The maximum absolute atomic E-state index is 12.6. The van der Waals surface area contributed by atoms with Crippen molar-refractivity contribution in [2.45, 2.75) is 59.9 Å². The summed E-state index contributed by atoms with van der Waals surface area (Å²) in [5.74, 6) is 0. The summed E-state index contributed by atoms with van der Waals surface area (Å²) in [5, 5.41) is 57.6. The number of rotatable bonds is 12. The van der Waals surface area contributed by atoms with Crippen molar-refractivity contribution in [1.82, 2.24) is 0 Å². The summed E-state index contributed by atoms with van der Waals surface area (Å²) < 4.78 is 0. The summed E-state index contributed by atoms with van der Waals surface area (Å²) in [7, 11) is 0. The average Bonchev–Trinajstić information content (AvgIpc) is 3.15. The minimum Gasteiger partial charge on any atom is -0.394 e. The van der Waals surface area contributed by atoms with E-state index < -0.39 is 35.8 Å². The van der Waals surface area contributed by atoms with Crippen LogP contribution >= 0.6 is 0 Å². The van der Waals surface area contributed by atoms with Crippen LogP contribution in [-0.2, 0) is 0 Å². The molecular formula is C41H47N7O6. The van der Waals surface area contributed by atoms with Gasteiger partial charge in [0.05, 0.1) is 35.5 Å². The summed E-state index contributed by atoms with van der Waals surface area (Å²) in [5.41, 5.74) is 14.6. The average molecular weight is 734 g/mol. The molecule has 0 aliphatic rings. The molecule has 0 radical (unpaired) electrons. The number of anilines is 3. The highest BCUT2D eigenvalue weighted by Crippen LogP contribution is 2.30. The van der Waals surface area contributed by atoms with Gasteiger partial charge in [0.2, 0.25) is 10.9 Å². The zero-order valence-corrected chi connectivity index (χ0v) is 31.2. The highest BCUT2D eigenvalue weighted by Gasteiger charge is 2.24. The molecule has 7 N–H and O–H groups in total. The molecule has 0 aliphatic heterocycles. The van der Waals surface area contributed by atoms with Crippen molar-refractivity contribution in [2.75, 3.05) is 29.3 Å². The third kappa shape index (κ3) is 11.3. The number of azo groups is 1. The number of aliphatic hydroxyl groups excluding tert-OH is 4. The van der Waals surface area contributed by atoms with Crippen LogP contribution in [0.1, 0.15) is 33.4 Å². The van der Waals surface area contributed by atoms with Crippen molar-refractivity contribution < 1.29 is 20.4 Å². The van der Waals surface area contributed by atoms with Gasteiger partial charge in [0, 0.05) is 6.54 Å². The van der Waals surface area contributed by atoms with Crippen LogP contribution in [-0.4, -0.2) is 51.9 Å². The van der Waals surface area contributed by atoms with Crippen molar-refractivity contribution in [2.24, 2.45) is 20.4 Å². The molecule has 5 aromatic rings. The number of hydrogen-bond donors (Lipinski definition) is 7. The minimum atomic E-state index is -1.45. The fraction of sp³-hybridized carbons (Fsp3) is 0.268. The zero-order chi connectivity index (χ0) is 39.4. The van der Waals surface area contributed by atoms with Crippen LogP contribution in [0.15, 0.2) is 121 Å². The molecule has 5 aromatic carbocycles. The van der Waals surface area contributed by atoms with E-state index in [-0.39, 0.29) is 17.3 Å². The lowest BCUT2D eigenvalue weighted by Gasteiger charge is -2.22. The fourth-order valence-electron chi connectivity index (χ4n) is 5.18. The van der Waals surface area contributed by atoms with E-state index in [2.05, 4.69) is 36.6 Å². The molecule has 0 fully saturated rings. The summed E-state index contributed by atoms with van der Waals surface area (Å²) in [6.07, 6.45) is -4.10. The quantitative estimate of drug-likeness (QED) is 0.0708. The van der Waals surface area contributed by atoms with Crippen molar-refractivity contribution in [3.05, 3.63) is 156 Å². The number of aryl methyl sites for hydroxylation is 6. The molecule has 0 bridgehead atoms. The third-order valence-corrected chi connectivity index (χ3v) is 8.54. The van der Waals surface area contributed by atoms with Gasteiger partial charge in [-0.05, 0) is 112 Å². The van der Waals surface area contributed by atoms with Gasteiger partial charge in [-0.1, -0.05) is 53.6 Å². The van der Waals surface area contributed by atoms with E-state index >= 15 is 0 Å². The molecule has 3 unspecified atom stereocenters. The Hall–Kier alpha value is -5.86. The topological polar surface area (TPSA) is 201 Å². The summed E-state index contributed by atoms with van der Waals surface area (Å²) in [6, 6.07) is 27.5. The van der Waals surface area contributed by atoms with Crippen LogP contribution in [0.2, 0.25) is 0 Å². The number of benzene rings is 5. The minimum absolute atomic E-state index is 0.0193. The number of aliphatic hydroxyl groups is 4. The highest BCUT2D eigenvalue weighted by molar-refractivity contribution is 5.68. The SMILES string of the molecule is Cc1cc(N=Nc2ccccc2)c(NCC(O)C(O)C(O)CO)cc1C.Cc1ccc(NN=c2ccc(=O)c(=NNc3ccc(C)cc3C)c2=O)c(C)c1. The Balaban J connectivity index is 0.000000241. The van der Waals surface area contributed by atoms with Gasteiger partial charge in [-0.2, -0.15) is 15.3 Å². The van der Waals surface area contributed by atoms with Gasteiger partial charge in [0.15, 0.2) is 5.36 Å². The monoisotopic (exact) mass is 733 g/mol. The molecule has 0 heterocycles. The predicted octanol–water partition coefficient (Wildman–Crippen LogP) is 4.58. The molecule has 282 valence electrons. The molecule has 13 heteroatoms. The first-order valence-electron chi connectivity index (χ1n) is 17.3. The van der Waals surface area contributed by atoms with Crippen molar-refractivity contribution in [1.29, 1.82) is 0 Å². The van der Waals surface area contributed by atoms with Crippen molar-refractivity contribution in [3.8, 4) is 0 Å². The molecule has 5 rings (SSSR count). The van der Waals surface area contributed by atoms with Gasteiger partial charge in [-0.25, -0.2) is 0 Å². The summed E-state index contributed by atoms with van der Waals surface area (Å²) in [4.78, 5) is 24.8. The number of nitrogens with one attached hydrogen (secondary N) is 3. The molecule has 54 heavy (non-hydrogen) atoms. The Labute approximate surface area is 313 Å². The van der Waals surface area contributed by atoms with Crippen LogP contribution in [0.25, 0.3) is 0 Å². The Bertz CT molecular complexity index is 2300. The Morgan fingerprint density at radius 3 is 1.80 bits per heavy atom. The van der Waals surface area contributed by atoms with E-state index in [0.717, 1.165) is 50.4 Å². The molecule has 0 aromatic heterocycles. The highest BCUT2D eigenvalue weighted by atomic mass is 16.4. The second-order valence-corrected chi connectivity index (χ2v) is 13.0. The fourth-order valence-corrected chi connectivity index (χ4v) is 5.18. The van der Waals surface area contributed by atoms with E-state index in [1.54, 1.807) is 0 Å². The summed E-state index contributed by atoms with van der Waals surface area (Å²) in [6.45, 7) is 11.2. The lowest BCUT2D eigenvalue weighted by atomic mass is 10.1. The van der Waals surface area contributed by atoms with Crippen molar-refractivity contribution >= 4 is 28.4 Å². The molecule has 13 nitrogen and oxygen atoms in total. The lowest BCUT2D eigenvalue weighted by Crippen LogP contribution is -2.48. The second-order valence-electron chi connectivity index (χ2n) is 13.0.